The Balaban J connectivity index is 1.81. The van der Waals surface area contributed by atoms with Crippen molar-refractivity contribution < 1.29 is 0 Å². The van der Waals surface area contributed by atoms with Crippen molar-refractivity contribution in [2.75, 3.05) is 0 Å². The summed E-state index contributed by atoms with van der Waals surface area (Å²) in [6.45, 7) is 6.33. The Morgan fingerprint density at radius 3 is 3.07 bits per heavy atom. The molecule has 1 heterocycles. The van der Waals surface area contributed by atoms with Gasteiger partial charge < -0.3 is 5.32 Å². The molecule has 0 aliphatic heterocycles. The minimum Gasteiger partial charge on any atom is -0.308 e. The van der Waals surface area contributed by atoms with E-state index in [1.165, 1.54) is 18.5 Å². The fourth-order valence-corrected chi connectivity index (χ4v) is 1.98. The van der Waals surface area contributed by atoms with Gasteiger partial charge in [0.2, 0.25) is 0 Å². The molecule has 1 aliphatic rings. The first kappa shape index (κ1) is 9.71. The highest BCUT2D eigenvalue weighted by molar-refractivity contribution is 5.02. The smallest absolute Gasteiger partial charge is 0.0522 e. The molecule has 0 aromatic carbocycles. The molecule has 0 radical (unpaired) electrons. The number of hydrogen-bond acceptors (Lipinski definition) is 2. The van der Waals surface area contributed by atoms with Crippen molar-refractivity contribution in [2.24, 2.45) is 5.92 Å². The molecule has 2 rings (SSSR count). The van der Waals surface area contributed by atoms with Crippen LogP contribution in [0.4, 0.5) is 0 Å². The first-order valence-electron chi connectivity index (χ1n) is 5.59. The van der Waals surface area contributed by atoms with Crippen molar-refractivity contribution in [1.29, 1.82) is 0 Å². The number of nitrogens with one attached hydrogen (secondary N) is 1. The molecule has 1 aromatic heterocycles. The summed E-state index contributed by atoms with van der Waals surface area (Å²) in [6, 6.07) is 2.86. The van der Waals surface area contributed by atoms with Crippen LogP contribution in [0.15, 0.2) is 12.3 Å². The van der Waals surface area contributed by atoms with Crippen LogP contribution in [0.3, 0.4) is 0 Å². The molecule has 14 heavy (non-hydrogen) atoms. The van der Waals surface area contributed by atoms with E-state index in [1.54, 1.807) is 0 Å². The van der Waals surface area contributed by atoms with Gasteiger partial charge in [0.15, 0.2) is 0 Å². The first-order valence-corrected chi connectivity index (χ1v) is 5.59. The third-order valence-electron chi connectivity index (χ3n) is 3.10. The summed E-state index contributed by atoms with van der Waals surface area (Å²) in [7, 11) is 0. The van der Waals surface area contributed by atoms with Gasteiger partial charge >= 0.3 is 0 Å². The Bertz CT molecular complexity index is 292. The lowest BCUT2D eigenvalue weighted by Gasteiger charge is -2.05. The van der Waals surface area contributed by atoms with Crippen LogP contribution in [-0.4, -0.2) is 15.8 Å². The molecule has 1 saturated carbocycles. The van der Waals surface area contributed by atoms with E-state index in [2.05, 4.69) is 35.0 Å². The molecular weight excluding hydrogens is 174 g/mol. The second-order valence-electron chi connectivity index (χ2n) is 4.03. The van der Waals surface area contributed by atoms with Crippen LogP contribution in [0.2, 0.25) is 0 Å². The fourth-order valence-electron chi connectivity index (χ4n) is 1.98. The summed E-state index contributed by atoms with van der Waals surface area (Å²) in [5.41, 5.74) is 1.30. The van der Waals surface area contributed by atoms with Gasteiger partial charge in [-0.3, -0.25) is 4.68 Å². The lowest BCUT2D eigenvalue weighted by molar-refractivity contribution is 0.562. The highest BCUT2D eigenvalue weighted by Gasteiger charge is 2.34. The predicted octanol–water partition coefficient (Wildman–Crippen LogP) is 1.79. The molecule has 1 N–H and O–H groups in total. The maximum atomic E-state index is 4.25. The maximum absolute atomic E-state index is 4.25. The van der Waals surface area contributed by atoms with Crippen LogP contribution in [0.1, 0.15) is 32.4 Å². The molecule has 2 atom stereocenters. The van der Waals surface area contributed by atoms with Gasteiger partial charge in [0, 0.05) is 25.3 Å². The second kappa shape index (κ2) is 4.13. The quantitative estimate of drug-likeness (QED) is 0.772. The Kier molecular flexibility index (Phi) is 2.87. The standard InChI is InChI=1S/C11H19N3/c1-3-9-7-11(9)12-8-10-5-6-13-14(10)4-2/h5-6,9,11-12H,3-4,7-8H2,1-2H3. The molecule has 0 saturated heterocycles. The summed E-state index contributed by atoms with van der Waals surface area (Å²) >= 11 is 0. The van der Waals surface area contributed by atoms with Gasteiger partial charge in [-0.15, -0.1) is 0 Å². The maximum Gasteiger partial charge on any atom is 0.0522 e. The van der Waals surface area contributed by atoms with Crippen molar-refractivity contribution in [2.45, 2.75) is 45.8 Å². The summed E-state index contributed by atoms with van der Waals surface area (Å²) in [5.74, 6) is 0.924. The van der Waals surface area contributed by atoms with E-state index in [4.69, 9.17) is 0 Å². The van der Waals surface area contributed by atoms with E-state index in [9.17, 15) is 0 Å². The van der Waals surface area contributed by atoms with Crippen molar-refractivity contribution in [3.8, 4) is 0 Å². The van der Waals surface area contributed by atoms with Crippen LogP contribution in [0, 0.1) is 5.92 Å². The largest absolute Gasteiger partial charge is 0.308 e. The molecular formula is C11H19N3. The normalized spacial score (nSPS) is 25.3. The van der Waals surface area contributed by atoms with Crippen LogP contribution in [0.5, 0.6) is 0 Å². The average molecular weight is 193 g/mol. The number of nitrogens with zero attached hydrogens (tertiary/aromatic N) is 2. The van der Waals surface area contributed by atoms with E-state index in [-0.39, 0.29) is 0 Å². The molecule has 78 valence electrons. The first-order chi connectivity index (χ1) is 6.85. The summed E-state index contributed by atoms with van der Waals surface area (Å²) < 4.78 is 2.05. The Morgan fingerprint density at radius 1 is 1.57 bits per heavy atom. The number of aryl methyl sites for hydroxylation is 1. The topological polar surface area (TPSA) is 29.9 Å². The Labute approximate surface area is 85.5 Å². The van der Waals surface area contributed by atoms with Crippen LogP contribution in [-0.2, 0) is 13.1 Å². The van der Waals surface area contributed by atoms with Gasteiger partial charge in [-0.25, -0.2) is 0 Å². The molecule has 0 spiro atoms. The summed E-state index contributed by atoms with van der Waals surface area (Å²) in [5, 5.41) is 7.82. The molecule has 3 nitrogen and oxygen atoms in total. The highest BCUT2D eigenvalue weighted by atomic mass is 15.3. The number of hydrogen-bond donors (Lipinski definition) is 1. The third-order valence-corrected chi connectivity index (χ3v) is 3.10. The fraction of sp³-hybridized carbons (Fsp3) is 0.727. The van der Waals surface area contributed by atoms with Crippen LogP contribution in [0.25, 0.3) is 0 Å². The van der Waals surface area contributed by atoms with Crippen molar-refractivity contribution >= 4 is 0 Å². The van der Waals surface area contributed by atoms with E-state index >= 15 is 0 Å². The van der Waals surface area contributed by atoms with Crippen LogP contribution >= 0.6 is 0 Å². The molecule has 1 aliphatic carbocycles. The summed E-state index contributed by atoms with van der Waals surface area (Å²) in [6.07, 6.45) is 4.55. The molecule has 1 aromatic rings. The minimum absolute atomic E-state index is 0.764. The number of rotatable bonds is 5. The molecule has 0 amide bonds. The minimum atomic E-state index is 0.764. The van der Waals surface area contributed by atoms with E-state index in [0.29, 0.717) is 0 Å². The van der Waals surface area contributed by atoms with Crippen molar-refractivity contribution in [1.82, 2.24) is 15.1 Å². The monoisotopic (exact) mass is 193 g/mol. The van der Waals surface area contributed by atoms with Gasteiger partial charge in [-0.2, -0.15) is 5.10 Å². The van der Waals surface area contributed by atoms with Crippen molar-refractivity contribution in [3.05, 3.63) is 18.0 Å². The van der Waals surface area contributed by atoms with Crippen LogP contribution < -0.4 is 5.32 Å². The Hall–Kier alpha value is -0.830. The second-order valence-corrected chi connectivity index (χ2v) is 4.03. The molecule has 3 heteroatoms. The van der Waals surface area contributed by atoms with Crippen molar-refractivity contribution in [3.63, 3.8) is 0 Å². The average Bonchev–Trinajstić information content (AvgIpc) is 2.83. The zero-order valence-corrected chi connectivity index (χ0v) is 9.03. The molecule has 0 bridgehead atoms. The zero-order chi connectivity index (χ0) is 9.97. The lowest BCUT2D eigenvalue weighted by Crippen LogP contribution is -2.19. The summed E-state index contributed by atoms with van der Waals surface area (Å²) in [4.78, 5) is 0. The zero-order valence-electron chi connectivity index (χ0n) is 9.03. The van der Waals surface area contributed by atoms with E-state index in [0.717, 1.165) is 25.0 Å². The molecule has 2 unspecified atom stereocenters. The number of aromatic nitrogens is 2. The van der Waals surface area contributed by atoms with Gasteiger partial charge in [0.25, 0.3) is 0 Å². The van der Waals surface area contributed by atoms with Gasteiger partial charge in [0.05, 0.1) is 5.69 Å². The van der Waals surface area contributed by atoms with Gasteiger partial charge in [-0.05, 0) is 25.3 Å². The highest BCUT2D eigenvalue weighted by Crippen LogP contribution is 2.33. The Morgan fingerprint density at radius 2 is 2.43 bits per heavy atom. The predicted molar refractivity (Wildman–Crippen MR) is 56.9 cm³/mol. The SMILES string of the molecule is CCC1CC1NCc1ccnn1CC. The van der Waals surface area contributed by atoms with E-state index < -0.39 is 0 Å². The van der Waals surface area contributed by atoms with Gasteiger partial charge in [0.1, 0.15) is 0 Å². The van der Waals surface area contributed by atoms with E-state index in [1.807, 2.05) is 6.20 Å². The third kappa shape index (κ3) is 1.98. The van der Waals surface area contributed by atoms with Gasteiger partial charge in [-0.1, -0.05) is 13.3 Å². The molecule has 1 fully saturated rings. The lowest BCUT2D eigenvalue weighted by atomic mass is 10.3.